The fourth-order valence-corrected chi connectivity index (χ4v) is 6.74. The summed E-state index contributed by atoms with van der Waals surface area (Å²) in [5.74, 6) is 7.52. The summed E-state index contributed by atoms with van der Waals surface area (Å²) >= 11 is 1.70. The maximum atomic E-state index is 13.7. The van der Waals surface area contributed by atoms with Crippen molar-refractivity contribution in [2.45, 2.75) is 56.8 Å². The molecule has 5 rings (SSSR count). The molecule has 4 heterocycles. The lowest BCUT2D eigenvalue weighted by Crippen LogP contribution is -2.49. The Hall–Kier alpha value is -2.33. The van der Waals surface area contributed by atoms with Crippen molar-refractivity contribution in [1.29, 1.82) is 0 Å². The lowest BCUT2D eigenvalue weighted by molar-refractivity contribution is -0.137. The van der Waals surface area contributed by atoms with Gasteiger partial charge in [-0.2, -0.15) is 0 Å². The van der Waals surface area contributed by atoms with E-state index in [-0.39, 0.29) is 11.6 Å². The van der Waals surface area contributed by atoms with Crippen molar-refractivity contribution in [3.8, 4) is 17.6 Å². The number of thiophene rings is 1. The molecule has 3 saturated heterocycles. The summed E-state index contributed by atoms with van der Waals surface area (Å²) in [6.07, 6.45) is 3.05. The molecule has 6 heteroatoms. The van der Waals surface area contributed by atoms with E-state index in [9.17, 15) is 9.90 Å². The molecule has 1 aromatic heterocycles. The molecule has 5 nitrogen and oxygen atoms in total. The molecular weight excluding hydrogens is 420 g/mol. The van der Waals surface area contributed by atoms with E-state index in [1.165, 1.54) is 4.88 Å². The van der Waals surface area contributed by atoms with E-state index in [1.54, 1.807) is 32.3 Å². The van der Waals surface area contributed by atoms with Crippen LogP contribution in [0.25, 0.3) is 0 Å². The number of aliphatic hydroxyl groups is 1. The molecule has 0 aliphatic carbocycles. The van der Waals surface area contributed by atoms with Gasteiger partial charge in [0.25, 0.3) is 0 Å². The summed E-state index contributed by atoms with van der Waals surface area (Å²) in [4.78, 5) is 20.5. The van der Waals surface area contributed by atoms with Gasteiger partial charge in [-0.3, -0.25) is 9.69 Å². The number of carbonyl (C=O) groups is 1. The van der Waals surface area contributed by atoms with E-state index in [2.05, 4.69) is 39.8 Å². The number of ether oxygens (including phenoxy) is 1. The Bertz CT molecular complexity index is 1070. The number of hydrogen-bond donors (Lipinski definition) is 1. The smallest absolute Gasteiger partial charge is 0.243 e. The molecular formula is C26H30N2O3S. The van der Waals surface area contributed by atoms with Gasteiger partial charge in [0.2, 0.25) is 5.91 Å². The molecule has 1 spiro atoms. The Morgan fingerprint density at radius 3 is 2.75 bits per heavy atom. The highest BCUT2D eigenvalue weighted by Gasteiger charge is 2.65. The van der Waals surface area contributed by atoms with Gasteiger partial charge in [-0.25, -0.2) is 0 Å². The SMILES string of the molecule is COc1ccc(CN2C[C@@H]3C[C@@H](c4ccc(C#CC(C)(C)O)s4)N4CCC[C@@]34C2=O)cc1. The first-order chi connectivity index (χ1) is 15.3. The molecule has 2 aromatic rings. The van der Waals surface area contributed by atoms with Crippen molar-refractivity contribution in [2.75, 3.05) is 20.2 Å². The van der Waals surface area contributed by atoms with Crippen LogP contribution < -0.4 is 4.74 Å². The van der Waals surface area contributed by atoms with E-state index in [1.807, 2.05) is 18.2 Å². The van der Waals surface area contributed by atoms with Crippen LogP contribution >= 0.6 is 11.3 Å². The molecule has 3 aliphatic rings. The zero-order valence-corrected chi connectivity index (χ0v) is 19.7. The average Bonchev–Trinajstić information content (AvgIpc) is 3.50. The molecule has 0 unspecified atom stereocenters. The summed E-state index contributed by atoms with van der Waals surface area (Å²) in [5.41, 5.74) is -0.183. The number of nitrogens with zero attached hydrogens (tertiary/aromatic N) is 2. The Morgan fingerprint density at radius 2 is 2.03 bits per heavy atom. The number of likely N-dealkylation sites (tertiary alicyclic amines) is 1. The maximum Gasteiger partial charge on any atom is 0.243 e. The first-order valence-corrected chi connectivity index (χ1v) is 12.2. The second kappa shape index (κ2) is 7.91. The van der Waals surface area contributed by atoms with Gasteiger partial charge in [0.1, 0.15) is 16.9 Å². The third-order valence-corrected chi connectivity index (χ3v) is 8.21. The number of methoxy groups -OCH3 is 1. The fraction of sp³-hybridized carbons (Fsp3) is 0.500. The van der Waals surface area contributed by atoms with Crippen LogP contribution in [0.1, 0.15) is 54.5 Å². The molecule has 3 aliphatic heterocycles. The summed E-state index contributed by atoms with van der Waals surface area (Å²) in [5, 5.41) is 9.89. The molecule has 32 heavy (non-hydrogen) atoms. The van der Waals surface area contributed by atoms with Crippen molar-refractivity contribution in [1.82, 2.24) is 9.80 Å². The third kappa shape index (κ3) is 3.63. The predicted octanol–water partition coefficient (Wildman–Crippen LogP) is 3.82. The van der Waals surface area contributed by atoms with Crippen molar-refractivity contribution >= 4 is 17.2 Å². The molecule has 0 radical (unpaired) electrons. The van der Waals surface area contributed by atoms with Gasteiger partial charge in [0.05, 0.1) is 12.0 Å². The number of benzene rings is 1. The first-order valence-electron chi connectivity index (χ1n) is 11.3. The Morgan fingerprint density at radius 1 is 1.25 bits per heavy atom. The van der Waals surface area contributed by atoms with Crippen LogP contribution in [0.2, 0.25) is 0 Å². The monoisotopic (exact) mass is 450 g/mol. The number of rotatable bonds is 4. The number of hydrogen-bond acceptors (Lipinski definition) is 5. The van der Waals surface area contributed by atoms with Gasteiger partial charge < -0.3 is 14.7 Å². The van der Waals surface area contributed by atoms with Crippen LogP contribution in [0, 0.1) is 17.8 Å². The molecule has 1 N–H and O–H groups in total. The Labute approximate surface area is 194 Å². The van der Waals surface area contributed by atoms with Crippen LogP contribution in [-0.4, -0.2) is 52.2 Å². The zero-order valence-electron chi connectivity index (χ0n) is 18.9. The van der Waals surface area contributed by atoms with Gasteiger partial charge in [0.15, 0.2) is 0 Å². The highest BCUT2D eigenvalue weighted by molar-refractivity contribution is 7.12. The minimum atomic E-state index is -0.993. The zero-order chi connectivity index (χ0) is 22.5. The average molecular weight is 451 g/mol. The molecule has 3 atom stereocenters. The fourth-order valence-electron chi connectivity index (χ4n) is 5.75. The lowest BCUT2D eigenvalue weighted by atomic mass is 9.85. The summed E-state index contributed by atoms with van der Waals surface area (Å²) < 4.78 is 5.26. The van der Waals surface area contributed by atoms with Crippen molar-refractivity contribution in [3.05, 3.63) is 51.7 Å². The van der Waals surface area contributed by atoms with E-state index in [4.69, 9.17) is 4.74 Å². The van der Waals surface area contributed by atoms with Crippen LogP contribution in [0.3, 0.4) is 0 Å². The lowest BCUT2D eigenvalue weighted by Gasteiger charge is -2.33. The molecule has 1 amide bonds. The summed E-state index contributed by atoms with van der Waals surface area (Å²) in [6.45, 7) is 5.86. The van der Waals surface area contributed by atoms with E-state index in [0.717, 1.165) is 48.5 Å². The van der Waals surface area contributed by atoms with Gasteiger partial charge in [-0.1, -0.05) is 24.0 Å². The van der Waals surface area contributed by atoms with Gasteiger partial charge >= 0.3 is 0 Å². The highest BCUT2D eigenvalue weighted by Crippen LogP contribution is 2.56. The molecule has 0 bridgehead atoms. The minimum absolute atomic E-state index is 0.289. The van der Waals surface area contributed by atoms with Gasteiger partial charge in [-0.15, -0.1) is 11.3 Å². The highest BCUT2D eigenvalue weighted by atomic mass is 32.1. The van der Waals surface area contributed by atoms with Crippen LogP contribution in [-0.2, 0) is 11.3 Å². The Kier molecular flexibility index (Phi) is 5.32. The quantitative estimate of drug-likeness (QED) is 0.720. The largest absolute Gasteiger partial charge is 0.497 e. The molecule has 3 fully saturated rings. The standard InChI is InChI=1S/C26H30N2O3S/c1-25(2,30)13-11-21-9-10-23(32-21)22-15-19-17-27(16-18-5-7-20(31-3)8-6-18)24(29)26(19)12-4-14-28(22)26/h5-10,19,22,30H,4,12,14-17H2,1-3H3/t19-,22-,26-/m0/s1. The third-order valence-electron chi connectivity index (χ3n) is 7.11. The Balaban J connectivity index is 1.35. The number of amides is 1. The first kappa shape index (κ1) is 21.5. The van der Waals surface area contributed by atoms with E-state index in [0.29, 0.717) is 18.4 Å². The predicted molar refractivity (Wildman–Crippen MR) is 125 cm³/mol. The molecule has 0 saturated carbocycles. The van der Waals surface area contributed by atoms with Crippen LogP contribution in [0.4, 0.5) is 0 Å². The van der Waals surface area contributed by atoms with Crippen LogP contribution in [0.5, 0.6) is 5.75 Å². The second-order valence-corrected chi connectivity index (χ2v) is 10.8. The number of carbonyl (C=O) groups excluding carboxylic acids is 1. The molecule has 1 aromatic carbocycles. The normalized spacial score (nSPS) is 27.2. The molecule has 168 valence electrons. The second-order valence-electron chi connectivity index (χ2n) is 9.71. The van der Waals surface area contributed by atoms with Crippen LogP contribution in [0.15, 0.2) is 36.4 Å². The summed E-state index contributed by atoms with van der Waals surface area (Å²) in [6, 6.07) is 12.5. The van der Waals surface area contributed by atoms with E-state index >= 15 is 0 Å². The van der Waals surface area contributed by atoms with Crippen molar-refractivity contribution in [3.63, 3.8) is 0 Å². The topological polar surface area (TPSA) is 53.0 Å². The maximum absolute atomic E-state index is 13.7. The van der Waals surface area contributed by atoms with Crippen molar-refractivity contribution in [2.24, 2.45) is 5.92 Å². The van der Waals surface area contributed by atoms with E-state index < -0.39 is 5.60 Å². The van der Waals surface area contributed by atoms with Gasteiger partial charge in [0, 0.05) is 29.9 Å². The minimum Gasteiger partial charge on any atom is -0.497 e. The van der Waals surface area contributed by atoms with Gasteiger partial charge in [-0.05, 0) is 69.5 Å². The summed E-state index contributed by atoms with van der Waals surface area (Å²) in [7, 11) is 1.67. The van der Waals surface area contributed by atoms with Crippen molar-refractivity contribution < 1.29 is 14.6 Å².